The van der Waals surface area contributed by atoms with Crippen molar-refractivity contribution in [3.8, 4) is 0 Å². The van der Waals surface area contributed by atoms with Gasteiger partial charge in [-0.3, -0.25) is 0 Å². The lowest BCUT2D eigenvalue weighted by atomic mass is 10.1. The highest BCUT2D eigenvalue weighted by Crippen LogP contribution is 2.45. The van der Waals surface area contributed by atoms with Crippen LogP contribution >= 0.6 is 0 Å². The Balaban J connectivity index is 1.78. The normalized spacial score (nSPS) is 45.4. The molecule has 0 amide bonds. The van der Waals surface area contributed by atoms with Gasteiger partial charge in [-0.1, -0.05) is 0 Å². The fourth-order valence-electron chi connectivity index (χ4n) is 2.29. The fraction of sp³-hybridized carbons (Fsp3) is 0.909. The van der Waals surface area contributed by atoms with E-state index in [1.807, 2.05) is 27.7 Å². The van der Waals surface area contributed by atoms with Crippen molar-refractivity contribution >= 4 is 0 Å². The molecule has 3 heterocycles. The van der Waals surface area contributed by atoms with Crippen LogP contribution in [0.25, 0.3) is 0 Å². The molecular weight excluding hydrogens is 212 g/mol. The number of ether oxygens (including phenoxy) is 5. The summed E-state index contributed by atoms with van der Waals surface area (Å²) in [4.78, 5) is 0. The zero-order valence-electron chi connectivity index (χ0n) is 9.98. The van der Waals surface area contributed by atoms with E-state index in [1.54, 1.807) is 0 Å². The number of fused-ring (bicyclic) bond motifs is 3. The van der Waals surface area contributed by atoms with Gasteiger partial charge < -0.3 is 23.7 Å². The Kier molecular flexibility index (Phi) is 2.17. The van der Waals surface area contributed by atoms with E-state index in [4.69, 9.17) is 23.7 Å². The molecule has 0 spiro atoms. The third kappa shape index (κ3) is 1.67. The van der Waals surface area contributed by atoms with E-state index in [-0.39, 0.29) is 18.3 Å². The van der Waals surface area contributed by atoms with Crippen LogP contribution in [0.1, 0.15) is 27.7 Å². The minimum Gasteiger partial charge on any atom is -0.348 e. The minimum atomic E-state index is -0.628. The van der Waals surface area contributed by atoms with Crippen LogP contribution in [0.2, 0.25) is 0 Å². The molecule has 0 saturated carbocycles. The summed E-state index contributed by atoms with van der Waals surface area (Å²) in [5, 5.41) is 0. The molecule has 91 valence electrons. The molecule has 3 fully saturated rings. The quantitative estimate of drug-likeness (QED) is 0.624. The van der Waals surface area contributed by atoms with Gasteiger partial charge in [-0.2, -0.15) is 0 Å². The zero-order valence-corrected chi connectivity index (χ0v) is 9.98. The average molecular weight is 229 g/mol. The van der Waals surface area contributed by atoms with Gasteiger partial charge in [-0.05, 0) is 27.7 Å². The Bertz CT molecular complexity index is 301. The third-order valence-electron chi connectivity index (χ3n) is 2.94. The lowest BCUT2D eigenvalue weighted by molar-refractivity contribution is -0.315. The van der Waals surface area contributed by atoms with Crippen molar-refractivity contribution in [2.45, 2.75) is 57.6 Å². The van der Waals surface area contributed by atoms with E-state index in [9.17, 15) is 0 Å². The first-order chi connectivity index (χ1) is 7.36. The van der Waals surface area contributed by atoms with E-state index < -0.39 is 11.6 Å². The maximum Gasteiger partial charge on any atom is 0.259 e. The molecule has 0 bridgehead atoms. The van der Waals surface area contributed by atoms with Crippen molar-refractivity contribution in [1.29, 1.82) is 0 Å². The maximum absolute atomic E-state index is 5.83. The highest BCUT2D eigenvalue weighted by molar-refractivity contribution is 5.05. The molecule has 0 aromatic rings. The fourth-order valence-corrected chi connectivity index (χ4v) is 2.29. The van der Waals surface area contributed by atoms with Crippen LogP contribution in [-0.2, 0) is 23.7 Å². The first kappa shape index (κ1) is 10.9. The van der Waals surface area contributed by atoms with E-state index in [0.717, 1.165) is 0 Å². The van der Waals surface area contributed by atoms with Crippen LogP contribution in [0.4, 0.5) is 0 Å². The van der Waals surface area contributed by atoms with Gasteiger partial charge in [0.25, 0.3) is 6.29 Å². The van der Waals surface area contributed by atoms with Gasteiger partial charge in [-0.15, -0.1) is 0 Å². The summed E-state index contributed by atoms with van der Waals surface area (Å²) in [6, 6.07) is 0. The zero-order chi connectivity index (χ0) is 11.6. The molecule has 0 aromatic carbocycles. The van der Waals surface area contributed by atoms with Crippen LogP contribution in [-0.4, -0.2) is 36.5 Å². The summed E-state index contributed by atoms with van der Waals surface area (Å²) >= 11 is 0. The molecule has 16 heavy (non-hydrogen) atoms. The van der Waals surface area contributed by atoms with Gasteiger partial charge in [0.2, 0.25) is 0 Å². The highest BCUT2D eigenvalue weighted by atomic mass is 16.9. The summed E-state index contributed by atoms with van der Waals surface area (Å²) in [6.07, 6.45) is 0.0362. The van der Waals surface area contributed by atoms with Gasteiger partial charge in [0.1, 0.15) is 18.3 Å². The second-order valence-corrected chi connectivity index (χ2v) is 5.31. The SMILES string of the molecule is CC1(C)O[C]2OC3COC(C)(C)OC3C2O1. The standard InChI is InChI=1S/C11H17O5/c1-10(2)12-5-6-7(14-10)8-9(13-6)16-11(3,4)15-8/h6-8H,5H2,1-4H3. The van der Waals surface area contributed by atoms with Gasteiger partial charge >= 0.3 is 0 Å². The number of rotatable bonds is 0. The first-order valence-corrected chi connectivity index (χ1v) is 5.58. The second kappa shape index (κ2) is 3.17. The van der Waals surface area contributed by atoms with E-state index in [1.165, 1.54) is 0 Å². The Hall–Kier alpha value is -0.200. The molecular formula is C11H17O5. The molecule has 1 radical (unpaired) electrons. The van der Waals surface area contributed by atoms with Crippen LogP contribution in [0.15, 0.2) is 0 Å². The highest BCUT2D eigenvalue weighted by Gasteiger charge is 2.59. The third-order valence-corrected chi connectivity index (χ3v) is 2.94. The van der Waals surface area contributed by atoms with Crippen molar-refractivity contribution in [1.82, 2.24) is 0 Å². The summed E-state index contributed by atoms with van der Waals surface area (Å²) in [5.74, 6) is -1.22. The molecule has 5 nitrogen and oxygen atoms in total. The molecule has 3 rings (SSSR count). The van der Waals surface area contributed by atoms with Crippen molar-refractivity contribution in [3.05, 3.63) is 6.29 Å². The van der Waals surface area contributed by atoms with E-state index >= 15 is 0 Å². The second-order valence-electron chi connectivity index (χ2n) is 5.31. The van der Waals surface area contributed by atoms with Gasteiger partial charge in [0.05, 0.1) is 6.61 Å². The first-order valence-electron chi connectivity index (χ1n) is 5.58. The lowest BCUT2D eigenvalue weighted by Crippen LogP contribution is -2.50. The monoisotopic (exact) mass is 229 g/mol. The van der Waals surface area contributed by atoms with Gasteiger partial charge in [0, 0.05) is 0 Å². The largest absolute Gasteiger partial charge is 0.348 e. The predicted molar refractivity (Wildman–Crippen MR) is 53.1 cm³/mol. The molecule has 3 unspecified atom stereocenters. The molecule has 5 heteroatoms. The van der Waals surface area contributed by atoms with Crippen molar-refractivity contribution < 1.29 is 23.7 Å². The molecule has 3 saturated heterocycles. The average Bonchev–Trinajstić information content (AvgIpc) is 2.57. The molecule has 0 aromatic heterocycles. The topological polar surface area (TPSA) is 46.2 Å². The maximum atomic E-state index is 5.83. The Morgan fingerprint density at radius 1 is 1.06 bits per heavy atom. The van der Waals surface area contributed by atoms with E-state index in [2.05, 4.69) is 0 Å². The smallest absolute Gasteiger partial charge is 0.259 e. The van der Waals surface area contributed by atoms with Crippen molar-refractivity contribution in [2.24, 2.45) is 0 Å². The molecule has 3 atom stereocenters. The molecule has 3 aliphatic rings. The lowest BCUT2D eigenvalue weighted by Gasteiger charge is -2.38. The van der Waals surface area contributed by atoms with Crippen LogP contribution < -0.4 is 0 Å². The summed E-state index contributed by atoms with van der Waals surface area (Å²) in [5.41, 5.74) is 0. The van der Waals surface area contributed by atoms with Crippen molar-refractivity contribution in [2.75, 3.05) is 6.61 Å². The van der Waals surface area contributed by atoms with Crippen LogP contribution in [0.5, 0.6) is 0 Å². The number of hydrogen-bond acceptors (Lipinski definition) is 5. The summed E-state index contributed by atoms with van der Waals surface area (Å²) in [6.45, 7) is 8.01. The summed E-state index contributed by atoms with van der Waals surface area (Å²) < 4.78 is 28.3. The molecule has 3 aliphatic heterocycles. The minimum absolute atomic E-state index is 0.121. The molecule has 0 aliphatic carbocycles. The van der Waals surface area contributed by atoms with Gasteiger partial charge in [0.15, 0.2) is 11.6 Å². The Labute approximate surface area is 94.9 Å². The van der Waals surface area contributed by atoms with Gasteiger partial charge in [-0.25, -0.2) is 0 Å². The summed E-state index contributed by atoms with van der Waals surface area (Å²) in [7, 11) is 0. The Morgan fingerprint density at radius 2 is 1.81 bits per heavy atom. The Morgan fingerprint density at radius 3 is 2.56 bits per heavy atom. The predicted octanol–water partition coefficient (Wildman–Crippen LogP) is 1.18. The van der Waals surface area contributed by atoms with E-state index in [0.29, 0.717) is 12.9 Å². The van der Waals surface area contributed by atoms with Crippen LogP contribution in [0.3, 0.4) is 0 Å². The van der Waals surface area contributed by atoms with Crippen molar-refractivity contribution in [3.63, 3.8) is 0 Å². The number of hydrogen-bond donors (Lipinski definition) is 0. The van der Waals surface area contributed by atoms with Crippen LogP contribution in [0, 0.1) is 6.29 Å². The molecule has 0 N–H and O–H groups in total.